The Balaban J connectivity index is 1.90. The van der Waals surface area contributed by atoms with Gasteiger partial charge in [0.1, 0.15) is 0 Å². The molecule has 0 radical (unpaired) electrons. The maximum Gasteiger partial charge on any atom is 0.417 e. The standard InChI is InChI=1S/C14H15F3N2O4S/c1-8-6-9(14(15,16)17)4-5-19(8)24(21,22)10-2-3-11-12(7-10)23-13(20)18-11/h2-3,7-9H,4-6H2,1H3,(H,18,20). The molecule has 3 rings (SSSR count). The monoisotopic (exact) mass is 364 g/mol. The molecule has 132 valence electrons. The van der Waals surface area contributed by atoms with Crippen molar-refractivity contribution >= 4 is 21.1 Å². The van der Waals surface area contributed by atoms with E-state index in [0.717, 1.165) is 4.31 Å². The first kappa shape index (κ1) is 17.0. The van der Waals surface area contributed by atoms with Gasteiger partial charge in [0.05, 0.1) is 16.3 Å². The SMILES string of the molecule is CC1CC(C(F)(F)F)CCN1S(=O)(=O)c1ccc2[nH]c(=O)oc2c1. The molecule has 24 heavy (non-hydrogen) atoms. The van der Waals surface area contributed by atoms with Crippen molar-refractivity contribution in [3.63, 3.8) is 0 Å². The third-order valence-electron chi connectivity index (χ3n) is 4.28. The largest absolute Gasteiger partial charge is 0.417 e. The number of aromatic nitrogens is 1. The number of nitrogens with zero attached hydrogens (tertiary/aromatic N) is 1. The Kier molecular flexibility index (Phi) is 3.99. The second-order valence-electron chi connectivity index (χ2n) is 5.90. The van der Waals surface area contributed by atoms with Gasteiger partial charge in [0, 0.05) is 18.7 Å². The van der Waals surface area contributed by atoms with Crippen LogP contribution in [0.4, 0.5) is 13.2 Å². The molecule has 10 heteroatoms. The van der Waals surface area contributed by atoms with Crippen LogP contribution in [0.2, 0.25) is 0 Å². The van der Waals surface area contributed by atoms with Crippen LogP contribution in [0.3, 0.4) is 0 Å². The first-order valence-corrected chi connectivity index (χ1v) is 8.74. The molecule has 2 unspecified atom stereocenters. The Bertz CT molecular complexity index is 916. The van der Waals surface area contributed by atoms with Crippen LogP contribution >= 0.6 is 0 Å². The second kappa shape index (κ2) is 5.62. The minimum atomic E-state index is -4.32. The highest BCUT2D eigenvalue weighted by Crippen LogP contribution is 2.38. The molecule has 0 amide bonds. The van der Waals surface area contributed by atoms with Gasteiger partial charge in [0.15, 0.2) is 5.58 Å². The molecule has 6 nitrogen and oxygen atoms in total. The Labute approximate surface area is 135 Å². The molecule has 0 spiro atoms. The highest BCUT2D eigenvalue weighted by molar-refractivity contribution is 7.89. The molecule has 2 aromatic rings. The molecule has 0 aliphatic carbocycles. The van der Waals surface area contributed by atoms with E-state index in [1.807, 2.05) is 0 Å². The van der Waals surface area contributed by atoms with E-state index < -0.39 is 33.9 Å². The lowest BCUT2D eigenvalue weighted by molar-refractivity contribution is -0.186. The van der Waals surface area contributed by atoms with Gasteiger partial charge in [-0.05, 0) is 31.9 Å². The average Bonchev–Trinajstić information content (AvgIpc) is 2.84. The number of sulfonamides is 1. The van der Waals surface area contributed by atoms with Crippen LogP contribution in [0.1, 0.15) is 19.8 Å². The summed E-state index contributed by atoms with van der Waals surface area (Å²) in [5, 5.41) is 0. The van der Waals surface area contributed by atoms with Gasteiger partial charge in [0.2, 0.25) is 10.0 Å². The van der Waals surface area contributed by atoms with Crippen molar-refractivity contribution in [2.75, 3.05) is 6.54 Å². The Morgan fingerprint density at radius 2 is 2.04 bits per heavy atom. The van der Waals surface area contributed by atoms with Crippen LogP contribution < -0.4 is 5.76 Å². The summed E-state index contributed by atoms with van der Waals surface area (Å²) in [4.78, 5) is 13.4. The molecule has 1 N–H and O–H groups in total. The molecule has 0 saturated carbocycles. The van der Waals surface area contributed by atoms with Crippen molar-refractivity contribution in [2.24, 2.45) is 5.92 Å². The third kappa shape index (κ3) is 2.95. The predicted molar refractivity (Wildman–Crippen MR) is 79.0 cm³/mol. The number of aromatic amines is 1. The molecular formula is C14H15F3N2O4S. The van der Waals surface area contributed by atoms with E-state index in [1.54, 1.807) is 0 Å². The summed E-state index contributed by atoms with van der Waals surface area (Å²) in [5.41, 5.74) is 0.432. The van der Waals surface area contributed by atoms with Crippen LogP contribution in [-0.2, 0) is 10.0 Å². The summed E-state index contributed by atoms with van der Waals surface area (Å²) in [6, 6.07) is 3.11. The van der Waals surface area contributed by atoms with Gasteiger partial charge in [-0.2, -0.15) is 17.5 Å². The highest BCUT2D eigenvalue weighted by Gasteiger charge is 2.45. The number of piperidine rings is 1. The Hall–Kier alpha value is -1.81. The summed E-state index contributed by atoms with van der Waals surface area (Å²) in [6.07, 6.45) is -4.86. The van der Waals surface area contributed by atoms with Crippen LogP contribution in [0.5, 0.6) is 0 Å². The smallest absolute Gasteiger partial charge is 0.408 e. The van der Waals surface area contributed by atoms with Gasteiger partial charge in [-0.3, -0.25) is 4.98 Å². The van der Waals surface area contributed by atoms with E-state index in [0.29, 0.717) is 5.52 Å². The van der Waals surface area contributed by atoms with Gasteiger partial charge < -0.3 is 4.42 Å². The van der Waals surface area contributed by atoms with Gasteiger partial charge in [0.25, 0.3) is 0 Å². The number of hydrogen-bond acceptors (Lipinski definition) is 4. The quantitative estimate of drug-likeness (QED) is 0.887. The first-order chi connectivity index (χ1) is 11.1. The van der Waals surface area contributed by atoms with Gasteiger partial charge in [-0.15, -0.1) is 0 Å². The fourth-order valence-electron chi connectivity index (χ4n) is 3.03. The van der Waals surface area contributed by atoms with Crippen molar-refractivity contribution in [1.29, 1.82) is 0 Å². The topological polar surface area (TPSA) is 83.4 Å². The van der Waals surface area contributed by atoms with Gasteiger partial charge in [-0.1, -0.05) is 0 Å². The van der Waals surface area contributed by atoms with Crippen molar-refractivity contribution in [3.05, 3.63) is 28.7 Å². The van der Waals surface area contributed by atoms with E-state index in [2.05, 4.69) is 4.98 Å². The van der Waals surface area contributed by atoms with Crippen molar-refractivity contribution in [3.8, 4) is 0 Å². The molecule has 1 saturated heterocycles. The minimum Gasteiger partial charge on any atom is -0.408 e. The number of hydrogen-bond donors (Lipinski definition) is 1. The average molecular weight is 364 g/mol. The highest BCUT2D eigenvalue weighted by atomic mass is 32.2. The molecule has 1 aliphatic heterocycles. The first-order valence-electron chi connectivity index (χ1n) is 7.30. The zero-order valence-electron chi connectivity index (χ0n) is 12.6. The van der Waals surface area contributed by atoms with Crippen molar-refractivity contribution in [1.82, 2.24) is 9.29 Å². The van der Waals surface area contributed by atoms with Crippen molar-refractivity contribution in [2.45, 2.75) is 36.9 Å². The van der Waals surface area contributed by atoms with Crippen LogP contribution in [-0.4, -0.2) is 36.5 Å². The zero-order valence-corrected chi connectivity index (χ0v) is 13.4. The maximum absolute atomic E-state index is 12.8. The Morgan fingerprint density at radius 1 is 1.33 bits per heavy atom. The van der Waals surface area contributed by atoms with Crippen LogP contribution in [0.25, 0.3) is 11.1 Å². The maximum atomic E-state index is 12.8. The summed E-state index contributed by atoms with van der Waals surface area (Å²) < 4.78 is 69.8. The van der Waals surface area contributed by atoms with Crippen molar-refractivity contribution < 1.29 is 26.0 Å². The third-order valence-corrected chi connectivity index (χ3v) is 6.29. The summed E-state index contributed by atoms with van der Waals surface area (Å²) in [5.74, 6) is -2.21. The lowest BCUT2D eigenvalue weighted by Crippen LogP contribution is -2.47. The Morgan fingerprint density at radius 3 is 2.67 bits per heavy atom. The molecule has 1 aromatic carbocycles. The fourth-order valence-corrected chi connectivity index (χ4v) is 4.70. The second-order valence-corrected chi connectivity index (χ2v) is 7.79. The van der Waals surface area contributed by atoms with Crippen LogP contribution in [0.15, 0.2) is 32.3 Å². The summed E-state index contributed by atoms with van der Waals surface area (Å²) in [6.45, 7) is 1.26. The normalized spacial score (nSPS) is 23.7. The van der Waals surface area contributed by atoms with E-state index in [4.69, 9.17) is 4.42 Å². The van der Waals surface area contributed by atoms with E-state index in [1.165, 1.54) is 25.1 Å². The van der Waals surface area contributed by atoms with E-state index >= 15 is 0 Å². The predicted octanol–water partition coefficient (Wildman–Crippen LogP) is 2.47. The van der Waals surface area contributed by atoms with Gasteiger partial charge in [-0.25, -0.2) is 13.2 Å². The molecule has 1 fully saturated rings. The number of fused-ring (bicyclic) bond motifs is 1. The van der Waals surface area contributed by atoms with Crippen LogP contribution in [0, 0.1) is 5.92 Å². The number of rotatable bonds is 2. The number of H-pyrrole nitrogens is 1. The number of halogens is 3. The minimum absolute atomic E-state index is 0.0823. The summed E-state index contributed by atoms with van der Waals surface area (Å²) >= 11 is 0. The summed E-state index contributed by atoms with van der Waals surface area (Å²) in [7, 11) is -3.97. The number of nitrogens with one attached hydrogen (secondary N) is 1. The number of alkyl halides is 3. The molecular weight excluding hydrogens is 349 g/mol. The van der Waals surface area contributed by atoms with Gasteiger partial charge >= 0.3 is 11.9 Å². The lowest BCUT2D eigenvalue weighted by Gasteiger charge is -2.37. The zero-order chi connectivity index (χ0) is 17.7. The number of benzene rings is 1. The van der Waals surface area contributed by atoms with E-state index in [9.17, 15) is 26.4 Å². The molecule has 0 bridgehead atoms. The number of oxazole rings is 1. The molecule has 1 aliphatic rings. The molecule has 2 heterocycles. The lowest BCUT2D eigenvalue weighted by atomic mass is 9.93. The molecule has 1 aromatic heterocycles. The fraction of sp³-hybridized carbons (Fsp3) is 0.500. The van der Waals surface area contributed by atoms with E-state index in [-0.39, 0.29) is 29.9 Å². The molecule has 2 atom stereocenters.